The first-order valence-corrected chi connectivity index (χ1v) is 6.06. The molecule has 1 aromatic rings. The molecule has 0 amide bonds. The summed E-state index contributed by atoms with van der Waals surface area (Å²) in [5.74, 6) is -0.224. The Balaban J connectivity index is 2.87. The lowest BCUT2D eigenvalue weighted by Crippen LogP contribution is -2.03. The van der Waals surface area contributed by atoms with E-state index in [2.05, 4.69) is 0 Å². The van der Waals surface area contributed by atoms with Gasteiger partial charge in [0.1, 0.15) is 0 Å². The number of ketones is 1. The van der Waals surface area contributed by atoms with Crippen molar-refractivity contribution in [2.24, 2.45) is 0 Å². The third kappa shape index (κ3) is 1.41. The fourth-order valence-electron chi connectivity index (χ4n) is 1.79. The molecule has 15 heavy (non-hydrogen) atoms. The largest absolute Gasteiger partial charge is 0.294 e. The van der Waals surface area contributed by atoms with E-state index >= 15 is 0 Å². The maximum Gasteiger partial charge on any atom is 0.201 e. The molecule has 0 saturated carbocycles. The number of hydrogen-bond donors (Lipinski definition) is 0. The Kier molecular flexibility index (Phi) is 2.04. The van der Waals surface area contributed by atoms with Crippen molar-refractivity contribution < 1.29 is 13.2 Å². The Bertz CT molecular complexity index is 580. The summed E-state index contributed by atoms with van der Waals surface area (Å²) in [5, 5.41) is 1.21. The average molecular weight is 222 g/mol. The first-order chi connectivity index (χ1) is 6.93. The SMILES string of the molecule is CC(=O)c1cccc2c1S(=O)(=O)C=C2C. The zero-order valence-electron chi connectivity index (χ0n) is 8.44. The number of carbonyl (C=O) groups is 1. The molecule has 0 spiro atoms. The monoisotopic (exact) mass is 222 g/mol. The molecule has 2 rings (SSSR count). The van der Waals surface area contributed by atoms with Gasteiger partial charge < -0.3 is 0 Å². The van der Waals surface area contributed by atoms with Crippen LogP contribution in [0.5, 0.6) is 0 Å². The Morgan fingerprint density at radius 1 is 1.27 bits per heavy atom. The van der Waals surface area contributed by atoms with Crippen LogP contribution in [-0.2, 0) is 9.84 Å². The van der Waals surface area contributed by atoms with Gasteiger partial charge in [-0.15, -0.1) is 0 Å². The third-order valence-corrected chi connectivity index (χ3v) is 4.11. The van der Waals surface area contributed by atoms with Crippen LogP contribution >= 0.6 is 0 Å². The number of fused-ring (bicyclic) bond motifs is 1. The van der Waals surface area contributed by atoms with Crippen molar-refractivity contribution in [2.75, 3.05) is 0 Å². The molecule has 3 nitrogen and oxygen atoms in total. The summed E-state index contributed by atoms with van der Waals surface area (Å²) >= 11 is 0. The fourth-order valence-corrected chi connectivity index (χ4v) is 3.55. The van der Waals surface area contributed by atoms with Crippen molar-refractivity contribution in [3.8, 4) is 0 Å². The van der Waals surface area contributed by atoms with Crippen LogP contribution in [0.1, 0.15) is 29.8 Å². The van der Waals surface area contributed by atoms with Crippen molar-refractivity contribution in [1.82, 2.24) is 0 Å². The van der Waals surface area contributed by atoms with Crippen molar-refractivity contribution in [1.29, 1.82) is 0 Å². The number of Topliss-reactive ketones (excluding diaryl/α,β-unsaturated/α-hetero) is 1. The maximum atomic E-state index is 11.8. The van der Waals surface area contributed by atoms with Crippen LogP contribution in [0.2, 0.25) is 0 Å². The maximum absolute atomic E-state index is 11.8. The molecule has 0 bridgehead atoms. The quantitative estimate of drug-likeness (QED) is 0.683. The summed E-state index contributed by atoms with van der Waals surface area (Å²) in [6, 6.07) is 4.97. The van der Waals surface area contributed by atoms with Crippen LogP contribution in [0, 0.1) is 0 Å². The van der Waals surface area contributed by atoms with E-state index in [0.717, 1.165) is 0 Å². The summed E-state index contributed by atoms with van der Waals surface area (Å²) < 4.78 is 23.5. The van der Waals surface area contributed by atoms with Gasteiger partial charge in [0.2, 0.25) is 9.84 Å². The van der Waals surface area contributed by atoms with E-state index in [1.807, 2.05) is 0 Å². The molecule has 1 aliphatic heterocycles. The van der Waals surface area contributed by atoms with Crippen LogP contribution in [0.15, 0.2) is 28.5 Å². The minimum atomic E-state index is -3.41. The summed E-state index contributed by atoms with van der Waals surface area (Å²) in [6.07, 6.45) is 0. The normalized spacial score (nSPS) is 17.1. The van der Waals surface area contributed by atoms with E-state index < -0.39 is 9.84 Å². The van der Waals surface area contributed by atoms with E-state index in [0.29, 0.717) is 11.1 Å². The average Bonchev–Trinajstić information content (AvgIpc) is 2.37. The predicted molar refractivity (Wildman–Crippen MR) is 57.3 cm³/mol. The van der Waals surface area contributed by atoms with E-state index in [1.165, 1.54) is 12.3 Å². The minimum Gasteiger partial charge on any atom is -0.294 e. The number of rotatable bonds is 1. The first-order valence-electron chi connectivity index (χ1n) is 4.51. The van der Waals surface area contributed by atoms with E-state index in [1.54, 1.807) is 25.1 Å². The Hall–Kier alpha value is -1.42. The number of carbonyl (C=O) groups excluding carboxylic acids is 1. The van der Waals surface area contributed by atoms with Gasteiger partial charge in [-0.05, 0) is 25.0 Å². The Morgan fingerprint density at radius 2 is 1.93 bits per heavy atom. The molecule has 4 heteroatoms. The van der Waals surface area contributed by atoms with Crippen LogP contribution in [0.4, 0.5) is 0 Å². The van der Waals surface area contributed by atoms with Crippen molar-refractivity contribution in [3.05, 3.63) is 34.7 Å². The second-order valence-electron chi connectivity index (χ2n) is 3.58. The van der Waals surface area contributed by atoms with Crippen LogP contribution in [0.3, 0.4) is 0 Å². The van der Waals surface area contributed by atoms with Crippen molar-refractivity contribution >= 4 is 21.2 Å². The zero-order valence-corrected chi connectivity index (χ0v) is 9.26. The smallest absolute Gasteiger partial charge is 0.201 e. The highest BCUT2D eigenvalue weighted by Crippen LogP contribution is 2.35. The molecule has 0 atom stereocenters. The lowest BCUT2D eigenvalue weighted by Gasteiger charge is -2.04. The molecule has 1 aliphatic rings. The van der Waals surface area contributed by atoms with E-state index in [-0.39, 0.29) is 16.2 Å². The highest BCUT2D eigenvalue weighted by atomic mass is 32.2. The summed E-state index contributed by atoms with van der Waals surface area (Å²) in [5.41, 5.74) is 1.61. The van der Waals surface area contributed by atoms with Crippen LogP contribution in [0.25, 0.3) is 5.57 Å². The number of allylic oxidation sites excluding steroid dienone is 1. The van der Waals surface area contributed by atoms with Gasteiger partial charge >= 0.3 is 0 Å². The van der Waals surface area contributed by atoms with Crippen molar-refractivity contribution in [3.63, 3.8) is 0 Å². The molecule has 0 aliphatic carbocycles. The molecular weight excluding hydrogens is 212 g/mol. The second-order valence-corrected chi connectivity index (χ2v) is 5.32. The van der Waals surface area contributed by atoms with E-state index in [4.69, 9.17) is 0 Å². The molecule has 0 unspecified atom stereocenters. The predicted octanol–water partition coefficient (Wildman–Crippen LogP) is 2.04. The lowest BCUT2D eigenvalue weighted by atomic mass is 10.0. The van der Waals surface area contributed by atoms with Gasteiger partial charge in [0.15, 0.2) is 5.78 Å². The fraction of sp³-hybridized carbons (Fsp3) is 0.182. The molecule has 1 aromatic carbocycles. The number of benzene rings is 1. The topological polar surface area (TPSA) is 51.2 Å². The van der Waals surface area contributed by atoms with E-state index in [9.17, 15) is 13.2 Å². The summed E-state index contributed by atoms with van der Waals surface area (Å²) in [6.45, 7) is 3.10. The highest BCUT2D eigenvalue weighted by molar-refractivity contribution is 7.95. The molecule has 0 saturated heterocycles. The van der Waals surface area contributed by atoms with Gasteiger partial charge in [-0.3, -0.25) is 4.79 Å². The van der Waals surface area contributed by atoms with Gasteiger partial charge in [0.05, 0.1) is 4.90 Å². The molecule has 0 N–H and O–H groups in total. The Labute approximate surface area is 88.3 Å². The molecule has 78 valence electrons. The summed E-state index contributed by atoms with van der Waals surface area (Å²) in [7, 11) is -3.41. The first kappa shape index (κ1) is 10.1. The van der Waals surface area contributed by atoms with Gasteiger partial charge in [0, 0.05) is 11.0 Å². The van der Waals surface area contributed by atoms with Crippen LogP contribution in [-0.4, -0.2) is 14.2 Å². The van der Waals surface area contributed by atoms with Gasteiger partial charge in [-0.25, -0.2) is 8.42 Å². The Morgan fingerprint density at radius 3 is 2.53 bits per heavy atom. The minimum absolute atomic E-state index is 0.162. The van der Waals surface area contributed by atoms with Crippen molar-refractivity contribution in [2.45, 2.75) is 18.7 Å². The molecule has 1 heterocycles. The molecule has 0 fully saturated rings. The highest BCUT2D eigenvalue weighted by Gasteiger charge is 2.28. The molecular formula is C11H10O3S. The molecule has 0 radical (unpaired) electrons. The zero-order chi connectivity index (χ0) is 11.2. The standard InChI is InChI=1S/C11H10O3S/c1-7-6-15(13,14)11-9(7)4-3-5-10(11)8(2)12/h3-6H,1-2H3. The van der Waals surface area contributed by atoms with Gasteiger partial charge in [0.25, 0.3) is 0 Å². The van der Waals surface area contributed by atoms with Crippen LogP contribution < -0.4 is 0 Å². The van der Waals surface area contributed by atoms with Gasteiger partial charge in [-0.1, -0.05) is 18.2 Å². The lowest BCUT2D eigenvalue weighted by molar-refractivity contribution is 0.101. The third-order valence-electron chi connectivity index (χ3n) is 2.44. The number of sulfone groups is 1. The second kappa shape index (κ2) is 3.03. The summed E-state index contributed by atoms with van der Waals surface area (Å²) in [4.78, 5) is 11.5. The van der Waals surface area contributed by atoms with Gasteiger partial charge in [-0.2, -0.15) is 0 Å². The number of hydrogen-bond acceptors (Lipinski definition) is 3. The molecule has 0 aromatic heterocycles.